The van der Waals surface area contributed by atoms with E-state index in [4.69, 9.17) is 9.97 Å². The molecule has 0 N–H and O–H groups in total. The molecular formula is C58H42N10Pt2. The minimum atomic E-state index is 0. The van der Waals surface area contributed by atoms with Crippen molar-refractivity contribution in [3.05, 3.63) is 217 Å². The molecule has 0 bridgehead atoms. The van der Waals surface area contributed by atoms with Gasteiger partial charge in [-0.1, -0.05) is 143 Å². The molecule has 10 nitrogen and oxygen atoms in total. The topological polar surface area (TPSA) is 114 Å². The van der Waals surface area contributed by atoms with Gasteiger partial charge in [-0.25, -0.2) is 9.97 Å². The molecule has 8 heterocycles. The molecule has 70 heavy (non-hydrogen) atoms. The Hall–Kier alpha value is -7.64. The molecule has 0 atom stereocenters. The molecule has 0 fully saturated rings. The first-order chi connectivity index (χ1) is 33.4. The third-order valence-electron chi connectivity index (χ3n) is 12.5. The van der Waals surface area contributed by atoms with Crippen LogP contribution in [0.2, 0.25) is 0 Å². The van der Waals surface area contributed by atoms with E-state index in [0.717, 1.165) is 55.9 Å². The third-order valence-corrected chi connectivity index (χ3v) is 12.5. The van der Waals surface area contributed by atoms with E-state index in [1.807, 2.05) is 64.4 Å². The van der Waals surface area contributed by atoms with Gasteiger partial charge in [0, 0.05) is 45.0 Å². The fraction of sp³-hybridized carbons (Fsp3) is 0.0690. The van der Waals surface area contributed by atoms with Gasteiger partial charge in [-0.05, 0) is 84.3 Å². The van der Waals surface area contributed by atoms with Crippen molar-refractivity contribution in [3.8, 4) is 0 Å². The summed E-state index contributed by atoms with van der Waals surface area (Å²) in [5, 5.41) is 35.8. The molecule has 0 spiro atoms. The van der Waals surface area contributed by atoms with E-state index in [1.165, 1.54) is 64.9 Å². The fourth-order valence-corrected chi connectivity index (χ4v) is 8.94. The summed E-state index contributed by atoms with van der Waals surface area (Å²) in [6, 6.07) is 66.5. The van der Waals surface area contributed by atoms with Gasteiger partial charge < -0.3 is 29.2 Å². The van der Waals surface area contributed by atoms with Crippen LogP contribution in [0.1, 0.15) is 22.8 Å². The summed E-state index contributed by atoms with van der Waals surface area (Å²) in [5.41, 5.74) is 10.0. The minimum absolute atomic E-state index is 0. The van der Waals surface area contributed by atoms with Crippen molar-refractivity contribution in [3.63, 3.8) is 0 Å². The van der Waals surface area contributed by atoms with Crippen molar-refractivity contribution in [2.24, 2.45) is 0 Å². The van der Waals surface area contributed by atoms with Crippen molar-refractivity contribution in [2.45, 2.75) is 27.7 Å². The normalized spacial score (nSPS) is 10.9. The number of hydrogen-bond acceptors (Lipinski definition) is 6. The van der Waals surface area contributed by atoms with Gasteiger partial charge in [0.2, 0.25) is 0 Å². The number of para-hydroxylation sites is 4. The summed E-state index contributed by atoms with van der Waals surface area (Å²) < 4.78 is 4.53. The Morgan fingerprint density at radius 1 is 0.371 bits per heavy atom. The molecule has 14 rings (SSSR count). The number of aromatic nitrogens is 10. The zero-order chi connectivity index (χ0) is 46.1. The van der Waals surface area contributed by atoms with Crippen molar-refractivity contribution in [1.29, 1.82) is 0 Å². The number of fused-ring (bicyclic) bond motifs is 14. The quantitative estimate of drug-likeness (QED) is 0.138. The molecule has 6 aromatic carbocycles. The number of benzene rings is 6. The van der Waals surface area contributed by atoms with Gasteiger partial charge in [-0.3, -0.25) is 10.4 Å². The first kappa shape index (κ1) is 47.4. The number of aryl methyl sites for hydroxylation is 4. The average molecular weight is 1270 g/mol. The SMILES string of the molecule is Cc1nn[n-]c1C.Cc1nn[n-]c1C.[Pt+2].[Pt+2].[c-]1cccc2c3cccc4c5ccccc5ccc5cccnc5n(c12)c43.[c-]1cccc2c3cccc4c5ccccc5ccc5cccnc5n(c12)c43. The second kappa shape index (κ2) is 20.5. The Kier molecular flexibility index (Phi) is 13.9. The molecule has 0 amide bonds. The molecule has 0 unspecified atom stereocenters. The number of nitrogens with zero attached hydrogens (tertiary/aromatic N) is 10. The molecule has 344 valence electrons. The second-order valence-corrected chi connectivity index (χ2v) is 16.5. The predicted molar refractivity (Wildman–Crippen MR) is 275 cm³/mol. The predicted octanol–water partition coefficient (Wildman–Crippen LogP) is 12.7. The van der Waals surface area contributed by atoms with E-state index in [2.05, 4.69) is 197 Å². The van der Waals surface area contributed by atoms with Crippen molar-refractivity contribution in [1.82, 2.24) is 49.6 Å². The van der Waals surface area contributed by atoms with Gasteiger partial charge in [0.25, 0.3) is 0 Å². The van der Waals surface area contributed by atoms with Gasteiger partial charge in [0.05, 0.1) is 0 Å². The summed E-state index contributed by atoms with van der Waals surface area (Å²) in [6.45, 7) is 7.54. The number of hydrogen-bond donors (Lipinski definition) is 0. The van der Waals surface area contributed by atoms with E-state index in [0.29, 0.717) is 0 Å². The molecule has 0 aliphatic rings. The minimum Gasteiger partial charge on any atom is -0.355 e. The zero-order valence-corrected chi connectivity index (χ0v) is 43.0. The van der Waals surface area contributed by atoms with Crippen LogP contribution in [0.15, 0.2) is 182 Å². The van der Waals surface area contributed by atoms with Crippen LogP contribution in [-0.2, 0) is 42.1 Å². The standard InChI is InChI=1S/2C25H15N2.2C4H6N3.2Pt/c2*1-2-9-19-17(7-1)14-15-18-8-6-16-26-25(18)27-23-13-4-3-10-20(23)22-12-5-11-21(19)24(22)27;2*1-3-4(2)6-7-5-3;;/h2*1-12,14-16H;2*1-2H3;;/q4*-1;2*+2. The maximum absolute atomic E-state index is 4.76. The second-order valence-electron chi connectivity index (χ2n) is 16.5. The van der Waals surface area contributed by atoms with E-state index >= 15 is 0 Å². The van der Waals surface area contributed by atoms with E-state index < -0.39 is 0 Å². The molecule has 0 saturated heterocycles. The fourth-order valence-electron chi connectivity index (χ4n) is 8.94. The van der Waals surface area contributed by atoms with Gasteiger partial charge in [0.1, 0.15) is 11.3 Å². The Bertz CT molecular complexity index is 3940. The van der Waals surface area contributed by atoms with Gasteiger partial charge in [-0.2, -0.15) is 48.5 Å². The summed E-state index contributed by atoms with van der Waals surface area (Å²) in [7, 11) is 0. The van der Waals surface area contributed by atoms with Crippen molar-refractivity contribution >= 4 is 98.0 Å². The van der Waals surface area contributed by atoms with Crippen LogP contribution in [0.3, 0.4) is 0 Å². The van der Waals surface area contributed by atoms with Crippen LogP contribution < -0.4 is 10.2 Å². The first-order valence-corrected chi connectivity index (χ1v) is 22.4. The van der Waals surface area contributed by atoms with Crippen LogP contribution in [0.25, 0.3) is 98.0 Å². The molecule has 14 aromatic rings. The summed E-state index contributed by atoms with van der Waals surface area (Å²) in [4.78, 5) is 9.53. The van der Waals surface area contributed by atoms with Crippen LogP contribution in [0, 0.1) is 39.8 Å². The molecule has 0 radical (unpaired) electrons. The van der Waals surface area contributed by atoms with Gasteiger partial charge in [-0.15, -0.1) is 10.8 Å². The Balaban J connectivity index is 0.000000133. The van der Waals surface area contributed by atoms with Crippen LogP contribution in [0.4, 0.5) is 0 Å². The van der Waals surface area contributed by atoms with Gasteiger partial charge in [0.15, 0.2) is 0 Å². The number of rotatable bonds is 0. The Morgan fingerprint density at radius 3 is 1.11 bits per heavy atom. The maximum atomic E-state index is 4.76. The third kappa shape index (κ3) is 8.70. The number of pyridine rings is 2. The molecule has 0 aliphatic heterocycles. The van der Waals surface area contributed by atoms with E-state index in [1.54, 1.807) is 0 Å². The molecule has 12 heteroatoms. The molecular weight excluding hydrogens is 1230 g/mol. The van der Waals surface area contributed by atoms with Crippen LogP contribution >= 0.6 is 0 Å². The van der Waals surface area contributed by atoms with E-state index in [9.17, 15) is 0 Å². The van der Waals surface area contributed by atoms with Crippen molar-refractivity contribution in [2.75, 3.05) is 0 Å². The largest absolute Gasteiger partial charge is 2.00 e. The zero-order valence-electron chi connectivity index (χ0n) is 38.4. The van der Waals surface area contributed by atoms with Crippen LogP contribution in [-0.4, -0.2) is 39.4 Å². The van der Waals surface area contributed by atoms with Gasteiger partial charge >= 0.3 is 42.1 Å². The molecule has 0 saturated carbocycles. The van der Waals surface area contributed by atoms with Crippen LogP contribution in [0.5, 0.6) is 0 Å². The Morgan fingerprint density at radius 2 is 0.729 bits per heavy atom. The average Bonchev–Trinajstić information content (AvgIpc) is 4.16. The van der Waals surface area contributed by atoms with Crippen molar-refractivity contribution < 1.29 is 42.1 Å². The summed E-state index contributed by atoms with van der Waals surface area (Å²) >= 11 is 0. The monoisotopic (exact) mass is 1270 g/mol. The molecule has 8 aromatic heterocycles. The van der Waals surface area contributed by atoms with E-state index in [-0.39, 0.29) is 42.1 Å². The maximum Gasteiger partial charge on any atom is 2.00 e. The smallest absolute Gasteiger partial charge is 0.355 e. The summed E-state index contributed by atoms with van der Waals surface area (Å²) in [5.74, 6) is 0. The first-order valence-electron chi connectivity index (χ1n) is 22.4. The Labute approximate surface area is 431 Å². The summed E-state index contributed by atoms with van der Waals surface area (Å²) in [6.07, 6.45) is 3.72. The molecule has 0 aliphatic carbocycles.